The monoisotopic (exact) mass is 379 g/mol. The SMILES string of the molecule is C=C(Nc1cn2nc(Oc3cccc(CC(C)=O)c3)ccc2n1)NC1COC1. The van der Waals surface area contributed by atoms with Crippen molar-refractivity contribution in [3.05, 3.63) is 60.6 Å². The van der Waals surface area contributed by atoms with Gasteiger partial charge in [0.05, 0.1) is 31.3 Å². The molecule has 1 aromatic carbocycles. The fourth-order valence-electron chi connectivity index (χ4n) is 2.86. The van der Waals surface area contributed by atoms with Crippen molar-refractivity contribution in [2.75, 3.05) is 18.5 Å². The third kappa shape index (κ3) is 4.29. The van der Waals surface area contributed by atoms with Gasteiger partial charge in [0.1, 0.15) is 11.5 Å². The first-order valence-corrected chi connectivity index (χ1v) is 8.98. The Balaban J connectivity index is 1.45. The van der Waals surface area contributed by atoms with Gasteiger partial charge in [0.2, 0.25) is 5.88 Å². The summed E-state index contributed by atoms with van der Waals surface area (Å²) in [7, 11) is 0. The summed E-state index contributed by atoms with van der Waals surface area (Å²) in [5, 5.41) is 10.8. The second-order valence-electron chi connectivity index (χ2n) is 6.71. The van der Waals surface area contributed by atoms with Crippen molar-refractivity contribution in [1.82, 2.24) is 19.9 Å². The second kappa shape index (κ2) is 7.69. The smallest absolute Gasteiger partial charge is 0.237 e. The number of rotatable bonds is 8. The van der Waals surface area contributed by atoms with Gasteiger partial charge in [-0.2, -0.15) is 0 Å². The first kappa shape index (κ1) is 18.0. The Morgan fingerprint density at radius 3 is 2.96 bits per heavy atom. The molecule has 28 heavy (non-hydrogen) atoms. The van der Waals surface area contributed by atoms with Gasteiger partial charge >= 0.3 is 0 Å². The number of Topliss-reactive ketones (excluding diaryl/α,β-unsaturated/α-hetero) is 1. The number of benzene rings is 1. The summed E-state index contributed by atoms with van der Waals surface area (Å²) in [4.78, 5) is 15.8. The zero-order valence-corrected chi connectivity index (χ0v) is 15.5. The molecule has 3 aromatic rings. The van der Waals surface area contributed by atoms with Crippen molar-refractivity contribution in [1.29, 1.82) is 0 Å². The Morgan fingerprint density at radius 1 is 1.36 bits per heavy atom. The summed E-state index contributed by atoms with van der Waals surface area (Å²) in [6, 6.07) is 11.3. The quantitative estimate of drug-likeness (QED) is 0.622. The van der Waals surface area contributed by atoms with Gasteiger partial charge in [-0.05, 0) is 30.7 Å². The molecule has 0 bridgehead atoms. The summed E-state index contributed by atoms with van der Waals surface area (Å²) in [6.07, 6.45) is 2.14. The van der Waals surface area contributed by atoms with Crippen LogP contribution in [0.1, 0.15) is 12.5 Å². The minimum atomic E-state index is 0.107. The van der Waals surface area contributed by atoms with Crippen LogP contribution in [0.5, 0.6) is 11.6 Å². The van der Waals surface area contributed by atoms with Crippen molar-refractivity contribution >= 4 is 17.2 Å². The molecule has 2 N–H and O–H groups in total. The number of carbonyl (C=O) groups excluding carboxylic acids is 1. The first-order valence-electron chi connectivity index (χ1n) is 8.98. The van der Waals surface area contributed by atoms with Gasteiger partial charge < -0.3 is 20.1 Å². The number of ketones is 1. The molecule has 8 nitrogen and oxygen atoms in total. The van der Waals surface area contributed by atoms with E-state index < -0.39 is 0 Å². The molecule has 8 heteroatoms. The number of nitrogens with one attached hydrogen (secondary N) is 2. The van der Waals surface area contributed by atoms with Crippen molar-refractivity contribution < 1.29 is 14.3 Å². The van der Waals surface area contributed by atoms with Crippen molar-refractivity contribution in [3.63, 3.8) is 0 Å². The molecule has 0 amide bonds. The summed E-state index contributed by atoms with van der Waals surface area (Å²) < 4.78 is 12.6. The highest BCUT2D eigenvalue weighted by Gasteiger charge is 2.18. The van der Waals surface area contributed by atoms with Crippen molar-refractivity contribution in [2.45, 2.75) is 19.4 Å². The van der Waals surface area contributed by atoms with Crippen LogP contribution >= 0.6 is 0 Å². The van der Waals surface area contributed by atoms with Gasteiger partial charge in [-0.3, -0.25) is 4.79 Å². The maximum absolute atomic E-state index is 11.3. The minimum absolute atomic E-state index is 0.107. The lowest BCUT2D eigenvalue weighted by molar-refractivity contribution is -0.116. The van der Waals surface area contributed by atoms with Gasteiger partial charge in [-0.1, -0.05) is 18.7 Å². The molecule has 3 heterocycles. The fourth-order valence-corrected chi connectivity index (χ4v) is 2.86. The van der Waals surface area contributed by atoms with E-state index in [2.05, 4.69) is 27.3 Å². The maximum Gasteiger partial charge on any atom is 0.237 e. The maximum atomic E-state index is 11.3. The van der Waals surface area contributed by atoms with Gasteiger partial charge in [0.15, 0.2) is 11.5 Å². The molecule has 0 saturated carbocycles. The Bertz CT molecular complexity index is 1030. The molecule has 1 aliphatic heterocycles. The van der Waals surface area contributed by atoms with Gasteiger partial charge in [0.25, 0.3) is 0 Å². The Hall–Kier alpha value is -3.39. The van der Waals surface area contributed by atoms with Crippen molar-refractivity contribution in [3.8, 4) is 11.6 Å². The molecule has 144 valence electrons. The van der Waals surface area contributed by atoms with Crippen LogP contribution in [0.25, 0.3) is 5.65 Å². The lowest BCUT2D eigenvalue weighted by Gasteiger charge is -2.28. The number of nitrogens with zero attached hydrogens (tertiary/aromatic N) is 3. The van der Waals surface area contributed by atoms with Gasteiger partial charge in [-0.15, -0.1) is 5.10 Å². The predicted molar refractivity (Wildman–Crippen MR) is 104 cm³/mol. The number of fused-ring (bicyclic) bond motifs is 1. The van der Waals surface area contributed by atoms with E-state index in [-0.39, 0.29) is 11.8 Å². The average Bonchev–Trinajstić information content (AvgIpc) is 2.99. The Labute approximate surface area is 162 Å². The van der Waals surface area contributed by atoms with Crippen LogP contribution in [-0.4, -0.2) is 39.6 Å². The van der Waals surface area contributed by atoms with Crippen LogP contribution in [0, 0.1) is 0 Å². The highest BCUT2D eigenvalue weighted by atomic mass is 16.5. The van der Waals surface area contributed by atoms with Crippen LogP contribution in [0.3, 0.4) is 0 Å². The largest absolute Gasteiger partial charge is 0.438 e. The molecule has 1 fully saturated rings. The Morgan fingerprint density at radius 2 is 2.21 bits per heavy atom. The number of aromatic nitrogens is 3. The fraction of sp³-hybridized carbons (Fsp3) is 0.250. The van der Waals surface area contributed by atoms with E-state index in [4.69, 9.17) is 9.47 Å². The zero-order chi connectivity index (χ0) is 19.5. The number of ether oxygens (including phenoxy) is 2. The number of imidazole rings is 1. The van der Waals surface area contributed by atoms with E-state index in [0.29, 0.717) is 48.6 Å². The van der Waals surface area contributed by atoms with Crippen LogP contribution < -0.4 is 15.4 Å². The molecule has 0 radical (unpaired) electrons. The molecule has 0 spiro atoms. The lowest BCUT2D eigenvalue weighted by Crippen LogP contribution is -2.46. The van der Waals surface area contributed by atoms with E-state index in [1.807, 2.05) is 30.3 Å². The predicted octanol–water partition coefficient (Wildman–Crippen LogP) is 2.52. The molecule has 2 aromatic heterocycles. The lowest BCUT2D eigenvalue weighted by atomic mass is 10.1. The van der Waals surface area contributed by atoms with E-state index in [1.54, 1.807) is 23.7 Å². The minimum Gasteiger partial charge on any atom is -0.438 e. The molecule has 0 atom stereocenters. The Kier molecular flexibility index (Phi) is 4.94. The highest BCUT2D eigenvalue weighted by Crippen LogP contribution is 2.22. The van der Waals surface area contributed by atoms with Crippen molar-refractivity contribution in [2.24, 2.45) is 0 Å². The third-order valence-corrected chi connectivity index (χ3v) is 4.16. The summed E-state index contributed by atoms with van der Waals surface area (Å²) >= 11 is 0. The summed E-state index contributed by atoms with van der Waals surface area (Å²) in [5.41, 5.74) is 1.59. The van der Waals surface area contributed by atoms with Crippen LogP contribution in [0.2, 0.25) is 0 Å². The van der Waals surface area contributed by atoms with Gasteiger partial charge in [0, 0.05) is 12.5 Å². The van der Waals surface area contributed by atoms with E-state index >= 15 is 0 Å². The van der Waals surface area contributed by atoms with Crippen LogP contribution in [-0.2, 0) is 16.0 Å². The number of carbonyl (C=O) groups is 1. The first-order chi connectivity index (χ1) is 13.5. The summed E-state index contributed by atoms with van der Waals surface area (Å²) in [5.74, 6) is 2.46. The van der Waals surface area contributed by atoms with Crippen LogP contribution in [0.4, 0.5) is 5.82 Å². The van der Waals surface area contributed by atoms with E-state index in [0.717, 1.165) is 5.56 Å². The topological polar surface area (TPSA) is 89.8 Å². The van der Waals surface area contributed by atoms with E-state index in [9.17, 15) is 4.79 Å². The molecule has 0 aliphatic carbocycles. The highest BCUT2D eigenvalue weighted by molar-refractivity contribution is 5.78. The van der Waals surface area contributed by atoms with Gasteiger partial charge in [-0.25, -0.2) is 9.50 Å². The molecule has 4 rings (SSSR count). The van der Waals surface area contributed by atoms with Crippen LogP contribution in [0.15, 0.2) is 55.0 Å². The molecular weight excluding hydrogens is 358 g/mol. The number of anilines is 1. The molecule has 1 aliphatic rings. The normalized spacial score (nSPS) is 13.8. The summed E-state index contributed by atoms with van der Waals surface area (Å²) in [6.45, 7) is 6.88. The third-order valence-electron chi connectivity index (χ3n) is 4.16. The standard InChI is InChI=1S/C20H21N5O3/c1-13(26)8-15-4-3-5-17(9-15)28-20-7-6-19-23-18(10-25(19)24-20)22-14(2)21-16-11-27-12-16/h3-7,9-10,16,21-22H,2,8,11-12H2,1H3. The second-order valence-corrected chi connectivity index (χ2v) is 6.71. The molecule has 1 saturated heterocycles. The van der Waals surface area contributed by atoms with E-state index in [1.165, 1.54) is 0 Å². The zero-order valence-electron chi connectivity index (χ0n) is 15.5. The molecular formula is C20H21N5O3. The average molecular weight is 379 g/mol. The number of hydrogen-bond donors (Lipinski definition) is 2. The molecule has 0 unspecified atom stereocenters. The number of hydrogen-bond acceptors (Lipinski definition) is 7.